The van der Waals surface area contributed by atoms with Gasteiger partial charge in [-0.05, 0) is 48.1 Å². The van der Waals surface area contributed by atoms with Crippen LogP contribution in [0.1, 0.15) is 85.6 Å². The van der Waals surface area contributed by atoms with E-state index in [-0.39, 0.29) is 5.56 Å². The Kier molecular flexibility index (Phi) is 11.3. The number of ether oxygens (including phenoxy) is 1. The second-order valence-electron chi connectivity index (χ2n) is 14.8. The van der Waals surface area contributed by atoms with Gasteiger partial charge in [0.05, 0.1) is 17.7 Å². The van der Waals surface area contributed by atoms with Gasteiger partial charge in [0.1, 0.15) is 19.5 Å². The van der Waals surface area contributed by atoms with Crippen molar-refractivity contribution >= 4 is 36.4 Å². The molecule has 0 unspecified atom stereocenters. The third-order valence-corrected chi connectivity index (χ3v) is 17.1. The van der Waals surface area contributed by atoms with E-state index in [0.29, 0.717) is 33.8 Å². The van der Waals surface area contributed by atoms with Crippen molar-refractivity contribution in [1.29, 1.82) is 0 Å². The first-order valence-electron chi connectivity index (χ1n) is 17.9. The average Bonchev–Trinajstić information content (AvgIpc) is 3.04. The van der Waals surface area contributed by atoms with Crippen LogP contribution in [-0.4, -0.2) is 67.3 Å². The second-order valence-corrected chi connectivity index (χ2v) is 20.4. The second kappa shape index (κ2) is 15.2. The summed E-state index contributed by atoms with van der Waals surface area (Å²) in [6.07, 6.45) is 9.61. The molecule has 0 spiro atoms. The van der Waals surface area contributed by atoms with E-state index in [1.54, 1.807) is 23.9 Å². The molecular weight excluding hydrogens is 601 g/mol. The quantitative estimate of drug-likeness (QED) is 0.177. The summed E-state index contributed by atoms with van der Waals surface area (Å²) >= 11 is 0. The van der Waals surface area contributed by atoms with E-state index in [2.05, 4.69) is 93.4 Å². The highest BCUT2D eigenvalue weighted by Gasteiger charge is 2.41. The molecule has 47 heavy (non-hydrogen) atoms. The minimum Gasteiger partial charge on any atom is -0.491 e. The maximum absolute atomic E-state index is 13.1. The van der Waals surface area contributed by atoms with Crippen molar-refractivity contribution in [1.82, 2.24) is 19.4 Å². The first kappa shape index (κ1) is 35.0. The van der Waals surface area contributed by atoms with Crippen LogP contribution in [0.2, 0.25) is 16.6 Å². The van der Waals surface area contributed by atoms with Crippen LogP contribution in [0.15, 0.2) is 35.3 Å². The molecule has 5 rings (SSSR count). The Balaban J connectivity index is 1.44. The summed E-state index contributed by atoms with van der Waals surface area (Å²) in [5, 5.41) is 4.20. The van der Waals surface area contributed by atoms with Gasteiger partial charge in [-0.1, -0.05) is 79.6 Å². The largest absolute Gasteiger partial charge is 0.491 e. The molecule has 3 aromatic rings. The molecule has 0 bridgehead atoms. The van der Waals surface area contributed by atoms with E-state index in [1.165, 1.54) is 32.1 Å². The number of aryl methyl sites for hydroxylation is 1. The zero-order valence-electron chi connectivity index (χ0n) is 30.0. The van der Waals surface area contributed by atoms with Crippen molar-refractivity contribution in [3.63, 3.8) is 0 Å². The number of anilines is 3. The van der Waals surface area contributed by atoms with E-state index in [1.807, 2.05) is 0 Å². The molecule has 1 aliphatic heterocycles. The van der Waals surface area contributed by atoms with Crippen LogP contribution in [0.5, 0.6) is 5.75 Å². The van der Waals surface area contributed by atoms with Gasteiger partial charge in [0.2, 0.25) is 5.95 Å². The van der Waals surface area contributed by atoms with Gasteiger partial charge < -0.3 is 19.9 Å². The molecule has 8 nitrogen and oxygen atoms in total. The molecule has 1 aromatic carbocycles. The van der Waals surface area contributed by atoms with Gasteiger partial charge in [0.25, 0.3) is 5.56 Å². The smallest absolute Gasteiger partial charge is 0.253 e. The summed E-state index contributed by atoms with van der Waals surface area (Å²) in [4.78, 5) is 27.5. The molecule has 2 fully saturated rings. The highest BCUT2D eigenvalue weighted by molar-refractivity contribution is 6.90. The Morgan fingerprint density at radius 2 is 1.64 bits per heavy atom. The number of piperazine rings is 1. The summed E-state index contributed by atoms with van der Waals surface area (Å²) in [6.45, 7) is 18.6. The van der Waals surface area contributed by atoms with Crippen molar-refractivity contribution in [3.8, 4) is 17.2 Å². The zero-order valence-corrected chi connectivity index (χ0v) is 31.0. The Morgan fingerprint density at radius 1 is 0.957 bits per heavy atom. The SMILES string of the molecule is CC(C)[Si](C#Cc1cc(=O)n(C)c2nc(Nc3ccc(N4CCN(C)CC4)c(OCCC4CCCCC4)c3)ncc12)(C(C)C)C(C)C. The highest BCUT2D eigenvalue weighted by atomic mass is 28.3. The monoisotopic (exact) mass is 656 g/mol. The third kappa shape index (κ3) is 7.87. The number of aromatic nitrogens is 3. The van der Waals surface area contributed by atoms with Gasteiger partial charge >= 0.3 is 0 Å². The van der Waals surface area contributed by atoms with Gasteiger partial charge in [0, 0.05) is 62.8 Å². The van der Waals surface area contributed by atoms with E-state index in [0.717, 1.165) is 67.6 Å². The van der Waals surface area contributed by atoms with Crippen LogP contribution < -0.4 is 20.5 Å². The number of pyridine rings is 1. The molecule has 1 aliphatic carbocycles. The Morgan fingerprint density at radius 3 is 2.30 bits per heavy atom. The lowest BCUT2D eigenvalue weighted by Crippen LogP contribution is -2.44. The van der Waals surface area contributed by atoms with Crippen molar-refractivity contribution in [2.24, 2.45) is 13.0 Å². The van der Waals surface area contributed by atoms with Crippen LogP contribution in [0, 0.1) is 17.4 Å². The first-order chi connectivity index (χ1) is 22.5. The first-order valence-corrected chi connectivity index (χ1v) is 20.1. The number of hydrogen-bond acceptors (Lipinski definition) is 7. The number of fused-ring (bicyclic) bond motifs is 1. The number of hydrogen-bond donors (Lipinski definition) is 1. The molecule has 2 aromatic heterocycles. The van der Waals surface area contributed by atoms with Crippen molar-refractivity contribution in [3.05, 3.63) is 46.4 Å². The highest BCUT2D eigenvalue weighted by Crippen LogP contribution is 2.41. The molecule has 2 aliphatic rings. The number of nitrogens with zero attached hydrogens (tertiary/aromatic N) is 5. The topological polar surface area (TPSA) is 75.5 Å². The molecule has 1 saturated carbocycles. The van der Waals surface area contributed by atoms with E-state index in [4.69, 9.17) is 14.7 Å². The van der Waals surface area contributed by atoms with Crippen LogP contribution in [-0.2, 0) is 7.05 Å². The normalized spacial score (nSPS) is 16.6. The average molecular weight is 657 g/mol. The van der Waals surface area contributed by atoms with Crippen LogP contribution in [0.4, 0.5) is 17.3 Å². The number of rotatable bonds is 10. The van der Waals surface area contributed by atoms with Crippen molar-refractivity contribution in [2.75, 3.05) is 50.1 Å². The molecule has 0 radical (unpaired) electrons. The molecule has 1 saturated heterocycles. The maximum Gasteiger partial charge on any atom is 0.253 e. The molecule has 9 heteroatoms. The minimum absolute atomic E-state index is 0.123. The minimum atomic E-state index is -1.98. The van der Waals surface area contributed by atoms with Gasteiger partial charge in [-0.25, -0.2) is 4.98 Å². The Bertz CT molecular complexity index is 1620. The standard InChI is InChI=1S/C38H56N6O2Si/c1-27(2)47(28(3)4,29(5)6)23-17-31-24-36(45)43(8)37-33(31)26-39-38(41-37)40-32-14-15-34(44-20-18-42(7)19-21-44)35(25-32)46-22-16-30-12-10-9-11-13-30/h14-15,24-30H,9-13,16,18-22H2,1-8H3,(H,39,40,41). The fraction of sp³-hybridized carbons (Fsp3) is 0.605. The van der Waals surface area contributed by atoms with Crippen LogP contribution in [0.3, 0.4) is 0 Å². The van der Waals surface area contributed by atoms with E-state index >= 15 is 0 Å². The molecule has 0 amide bonds. The molecule has 0 atom stereocenters. The van der Waals surface area contributed by atoms with Crippen molar-refractivity contribution < 1.29 is 4.74 Å². The lowest BCUT2D eigenvalue weighted by molar-refractivity contribution is 0.245. The van der Waals surface area contributed by atoms with E-state index in [9.17, 15) is 4.79 Å². The summed E-state index contributed by atoms with van der Waals surface area (Å²) < 4.78 is 8.12. The van der Waals surface area contributed by atoms with E-state index < -0.39 is 8.07 Å². The number of benzene rings is 1. The summed E-state index contributed by atoms with van der Waals surface area (Å²) in [7, 11) is 1.96. The summed E-state index contributed by atoms with van der Waals surface area (Å²) in [5.41, 5.74) is 8.43. The van der Waals surface area contributed by atoms with Gasteiger partial charge in [-0.2, -0.15) is 4.98 Å². The lowest BCUT2D eigenvalue weighted by atomic mass is 9.87. The molecule has 1 N–H and O–H groups in total. The Hall–Kier alpha value is -3.35. The summed E-state index contributed by atoms with van der Waals surface area (Å²) in [6, 6.07) is 7.95. The van der Waals surface area contributed by atoms with Crippen LogP contribution >= 0.6 is 0 Å². The number of nitrogens with one attached hydrogen (secondary N) is 1. The molecule has 254 valence electrons. The lowest BCUT2D eigenvalue weighted by Gasteiger charge is -2.38. The number of likely N-dealkylation sites (N-methyl/N-ethyl adjacent to an activating group) is 1. The fourth-order valence-corrected chi connectivity index (χ4v) is 13.2. The predicted molar refractivity (Wildman–Crippen MR) is 199 cm³/mol. The zero-order chi connectivity index (χ0) is 33.7. The third-order valence-electron chi connectivity index (χ3n) is 10.8. The summed E-state index contributed by atoms with van der Waals surface area (Å²) in [5.74, 6) is 5.58. The van der Waals surface area contributed by atoms with Crippen molar-refractivity contribution in [2.45, 2.75) is 96.7 Å². The maximum atomic E-state index is 13.1. The van der Waals surface area contributed by atoms with Crippen LogP contribution in [0.25, 0.3) is 11.0 Å². The molecule has 3 heterocycles. The molecular formula is C38H56N6O2Si. The fourth-order valence-electron chi connectivity index (χ4n) is 7.95. The van der Waals surface area contributed by atoms with Gasteiger partial charge in [-0.15, -0.1) is 5.54 Å². The van der Waals surface area contributed by atoms with Gasteiger partial charge in [-0.3, -0.25) is 9.36 Å². The van der Waals surface area contributed by atoms with Gasteiger partial charge in [0.15, 0.2) is 0 Å². The predicted octanol–water partition coefficient (Wildman–Crippen LogP) is 7.74. The Labute approximate surface area is 283 Å².